The highest BCUT2D eigenvalue weighted by molar-refractivity contribution is 7.98. The maximum absolute atomic E-state index is 12.3. The topological polar surface area (TPSA) is 46.4 Å². The summed E-state index contributed by atoms with van der Waals surface area (Å²) in [5.74, 6) is -0.196. The molecule has 106 valence electrons. The lowest BCUT2D eigenvalue weighted by atomic mass is 10.3. The van der Waals surface area contributed by atoms with E-state index in [1.165, 1.54) is 0 Å². The number of amides is 1. The molecule has 0 spiro atoms. The number of carbonyl (C=O) groups excluding carboxylic acids is 1. The molecule has 1 aromatic carbocycles. The van der Waals surface area contributed by atoms with Crippen molar-refractivity contribution in [2.45, 2.75) is 11.8 Å². The lowest BCUT2D eigenvalue weighted by Crippen LogP contribution is -2.12. The summed E-state index contributed by atoms with van der Waals surface area (Å²) in [6.45, 7) is 2.00. The first-order chi connectivity index (χ1) is 10.2. The maximum Gasteiger partial charge on any atom is 0.275 e. The number of aryl methyl sites for hydroxylation is 1. The van der Waals surface area contributed by atoms with E-state index in [1.54, 1.807) is 18.0 Å². The largest absolute Gasteiger partial charge is 0.320 e. The molecule has 1 N–H and O–H groups in total. The number of rotatable bonds is 3. The number of nitrogens with zero attached hydrogens (tertiary/aromatic N) is 2. The van der Waals surface area contributed by atoms with Gasteiger partial charge in [-0.15, -0.1) is 11.8 Å². The second-order valence-electron chi connectivity index (χ2n) is 4.75. The van der Waals surface area contributed by atoms with Crippen LogP contribution in [0.5, 0.6) is 0 Å². The van der Waals surface area contributed by atoms with Crippen LogP contribution < -0.4 is 5.32 Å². The molecule has 0 fully saturated rings. The van der Waals surface area contributed by atoms with Crippen molar-refractivity contribution in [3.63, 3.8) is 0 Å². The van der Waals surface area contributed by atoms with Crippen molar-refractivity contribution in [2.75, 3.05) is 11.6 Å². The Labute approximate surface area is 127 Å². The van der Waals surface area contributed by atoms with Crippen molar-refractivity contribution in [1.29, 1.82) is 0 Å². The standard InChI is InChI=1S/C16H15N3OS/c1-11-7-8-19-10-13(17-15(19)9-11)16(20)18-12-5-3-4-6-14(12)21-2/h3-10H,1-2H3,(H,18,20). The Hall–Kier alpha value is -2.27. The Morgan fingerprint density at radius 2 is 2.10 bits per heavy atom. The molecule has 2 aromatic heterocycles. The van der Waals surface area contributed by atoms with Crippen LogP contribution in [-0.2, 0) is 0 Å². The van der Waals surface area contributed by atoms with Gasteiger partial charge in [-0.05, 0) is 43.0 Å². The van der Waals surface area contributed by atoms with Gasteiger partial charge in [-0.2, -0.15) is 0 Å². The van der Waals surface area contributed by atoms with Crippen molar-refractivity contribution >= 4 is 29.0 Å². The van der Waals surface area contributed by atoms with Crippen LogP contribution in [0.3, 0.4) is 0 Å². The van der Waals surface area contributed by atoms with E-state index in [0.29, 0.717) is 5.69 Å². The zero-order valence-corrected chi connectivity index (χ0v) is 12.6. The van der Waals surface area contributed by atoms with Gasteiger partial charge in [0.25, 0.3) is 5.91 Å². The van der Waals surface area contributed by atoms with Crippen LogP contribution in [0.15, 0.2) is 53.7 Å². The Bertz CT molecular complexity index is 810. The first-order valence-electron chi connectivity index (χ1n) is 6.57. The predicted octanol–water partition coefficient (Wildman–Crippen LogP) is 3.62. The summed E-state index contributed by atoms with van der Waals surface area (Å²) in [4.78, 5) is 17.7. The number of anilines is 1. The average Bonchev–Trinajstić information content (AvgIpc) is 2.91. The van der Waals surface area contributed by atoms with Crippen molar-refractivity contribution < 1.29 is 4.79 Å². The lowest BCUT2D eigenvalue weighted by molar-refractivity contribution is 0.102. The third kappa shape index (κ3) is 2.78. The number of aromatic nitrogens is 2. The van der Waals surface area contributed by atoms with Crippen LogP contribution in [0, 0.1) is 6.92 Å². The van der Waals surface area contributed by atoms with E-state index in [0.717, 1.165) is 21.8 Å². The number of hydrogen-bond acceptors (Lipinski definition) is 3. The molecule has 0 bridgehead atoms. The molecule has 1 amide bonds. The molecule has 0 atom stereocenters. The number of para-hydroxylation sites is 1. The van der Waals surface area contributed by atoms with Crippen LogP contribution in [0.1, 0.15) is 16.1 Å². The number of imidazole rings is 1. The predicted molar refractivity (Wildman–Crippen MR) is 86.1 cm³/mol. The van der Waals surface area contributed by atoms with E-state index in [2.05, 4.69) is 10.3 Å². The molecule has 0 aliphatic carbocycles. The highest BCUT2D eigenvalue weighted by Crippen LogP contribution is 2.25. The Kier molecular flexibility index (Phi) is 3.66. The zero-order valence-electron chi connectivity index (χ0n) is 11.8. The minimum atomic E-state index is -0.196. The van der Waals surface area contributed by atoms with E-state index in [1.807, 2.05) is 60.2 Å². The number of benzene rings is 1. The van der Waals surface area contributed by atoms with Crippen LogP contribution in [0.4, 0.5) is 5.69 Å². The highest BCUT2D eigenvalue weighted by Gasteiger charge is 2.12. The number of carbonyl (C=O) groups is 1. The molecule has 5 heteroatoms. The molecule has 4 nitrogen and oxygen atoms in total. The summed E-state index contributed by atoms with van der Waals surface area (Å²) in [7, 11) is 0. The molecule has 3 rings (SSSR count). The SMILES string of the molecule is CSc1ccccc1NC(=O)c1cn2ccc(C)cc2n1. The molecule has 0 aliphatic heterocycles. The van der Waals surface area contributed by atoms with Gasteiger partial charge in [-0.1, -0.05) is 12.1 Å². The molecule has 0 radical (unpaired) electrons. The smallest absolute Gasteiger partial charge is 0.275 e. The van der Waals surface area contributed by atoms with Crippen molar-refractivity contribution in [3.8, 4) is 0 Å². The summed E-state index contributed by atoms with van der Waals surface area (Å²) < 4.78 is 1.85. The summed E-state index contributed by atoms with van der Waals surface area (Å²) >= 11 is 1.60. The van der Waals surface area contributed by atoms with Gasteiger partial charge in [0.2, 0.25) is 0 Å². The van der Waals surface area contributed by atoms with E-state index in [4.69, 9.17) is 0 Å². The van der Waals surface area contributed by atoms with Crippen LogP contribution in [-0.4, -0.2) is 21.5 Å². The number of fused-ring (bicyclic) bond motifs is 1. The van der Waals surface area contributed by atoms with Gasteiger partial charge in [0.15, 0.2) is 0 Å². The third-order valence-electron chi connectivity index (χ3n) is 3.20. The molecule has 21 heavy (non-hydrogen) atoms. The lowest BCUT2D eigenvalue weighted by Gasteiger charge is -2.07. The van der Waals surface area contributed by atoms with Gasteiger partial charge in [0.1, 0.15) is 11.3 Å². The summed E-state index contributed by atoms with van der Waals surface area (Å²) in [5.41, 5.74) is 3.12. The summed E-state index contributed by atoms with van der Waals surface area (Å²) in [5, 5.41) is 2.92. The number of pyridine rings is 1. The Morgan fingerprint density at radius 1 is 1.29 bits per heavy atom. The Balaban J connectivity index is 1.90. The Morgan fingerprint density at radius 3 is 2.90 bits per heavy atom. The third-order valence-corrected chi connectivity index (χ3v) is 4.00. The maximum atomic E-state index is 12.3. The fourth-order valence-electron chi connectivity index (χ4n) is 2.13. The van der Waals surface area contributed by atoms with Gasteiger partial charge in [-0.3, -0.25) is 4.79 Å². The minimum Gasteiger partial charge on any atom is -0.320 e. The first-order valence-corrected chi connectivity index (χ1v) is 7.79. The summed E-state index contributed by atoms with van der Waals surface area (Å²) in [6, 6.07) is 11.7. The van der Waals surface area contributed by atoms with Gasteiger partial charge in [0.05, 0.1) is 5.69 Å². The van der Waals surface area contributed by atoms with E-state index in [9.17, 15) is 4.79 Å². The molecular formula is C16H15N3OS. The molecule has 0 saturated carbocycles. The molecule has 0 unspecified atom stereocenters. The quantitative estimate of drug-likeness (QED) is 0.751. The van der Waals surface area contributed by atoms with Crippen LogP contribution >= 0.6 is 11.8 Å². The molecule has 0 saturated heterocycles. The van der Waals surface area contributed by atoms with E-state index in [-0.39, 0.29) is 5.91 Å². The molecule has 2 heterocycles. The van der Waals surface area contributed by atoms with Crippen molar-refractivity contribution in [3.05, 3.63) is 60.0 Å². The number of hydrogen-bond donors (Lipinski definition) is 1. The van der Waals surface area contributed by atoms with Crippen molar-refractivity contribution in [1.82, 2.24) is 9.38 Å². The average molecular weight is 297 g/mol. The van der Waals surface area contributed by atoms with Gasteiger partial charge < -0.3 is 9.72 Å². The highest BCUT2D eigenvalue weighted by atomic mass is 32.2. The fourth-order valence-corrected chi connectivity index (χ4v) is 2.68. The first kappa shape index (κ1) is 13.7. The second kappa shape index (κ2) is 5.61. The van der Waals surface area contributed by atoms with Gasteiger partial charge >= 0.3 is 0 Å². The van der Waals surface area contributed by atoms with E-state index < -0.39 is 0 Å². The summed E-state index contributed by atoms with van der Waals surface area (Å²) in [6.07, 6.45) is 5.63. The normalized spacial score (nSPS) is 10.8. The molecule has 0 aliphatic rings. The fraction of sp³-hybridized carbons (Fsp3) is 0.125. The monoisotopic (exact) mass is 297 g/mol. The van der Waals surface area contributed by atoms with Crippen LogP contribution in [0.2, 0.25) is 0 Å². The molecular weight excluding hydrogens is 282 g/mol. The van der Waals surface area contributed by atoms with Crippen molar-refractivity contribution in [2.24, 2.45) is 0 Å². The van der Waals surface area contributed by atoms with E-state index >= 15 is 0 Å². The van der Waals surface area contributed by atoms with Crippen LogP contribution in [0.25, 0.3) is 5.65 Å². The number of thioether (sulfide) groups is 1. The van der Waals surface area contributed by atoms with Gasteiger partial charge in [-0.25, -0.2) is 4.98 Å². The zero-order chi connectivity index (χ0) is 14.8. The molecule has 3 aromatic rings. The minimum absolute atomic E-state index is 0.196. The number of nitrogens with one attached hydrogen (secondary N) is 1. The second-order valence-corrected chi connectivity index (χ2v) is 5.60. The van der Waals surface area contributed by atoms with Gasteiger partial charge in [0, 0.05) is 17.3 Å².